The summed E-state index contributed by atoms with van der Waals surface area (Å²) in [7, 11) is -4.82. The van der Waals surface area contributed by atoms with Crippen LogP contribution in [0.25, 0.3) is 5.52 Å². The molecule has 5 rings (SSSR count). The number of nitrogens with zero attached hydrogens (tertiary/aromatic N) is 4. The Balaban J connectivity index is 1.06. The number of nitriles is 1. The van der Waals surface area contributed by atoms with Crippen molar-refractivity contribution in [2.45, 2.75) is 172 Å². The molecular formula is C41H61FN5O8P. The Kier molecular flexibility index (Phi) is 16.2. The SMILES string of the molecule is CCCCCCCCCCCCCCCCCCC[C@H](COCc1ccc(C#N)cc1F)OP(=O)(O)OC1[C@H]2O[C@@](C)(c3ccc4c(N)ncnn34)[C@H](O)[C@@]12O. The Morgan fingerprint density at radius 3 is 2.16 bits per heavy atom. The van der Waals surface area contributed by atoms with E-state index in [-0.39, 0.29) is 30.2 Å². The monoisotopic (exact) mass is 801 g/mol. The van der Waals surface area contributed by atoms with Crippen LogP contribution in [0.2, 0.25) is 0 Å². The van der Waals surface area contributed by atoms with Crippen LogP contribution in [0, 0.1) is 17.1 Å². The number of unbranched alkanes of at least 4 members (excludes halogenated alkanes) is 16. The zero-order valence-corrected chi connectivity index (χ0v) is 33.9. The van der Waals surface area contributed by atoms with Gasteiger partial charge in [-0.1, -0.05) is 122 Å². The number of nitrogen functional groups attached to an aromatic ring is 1. The van der Waals surface area contributed by atoms with Gasteiger partial charge in [-0.25, -0.2) is 18.5 Å². The molecule has 13 nitrogen and oxygen atoms in total. The number of fused-ring (bicyclic) bond motifs is 2. The van der Waals surface area contributed by atoms with Crippen LogP contribution in [0.3, 0.4) is 0 Å². The van der Waals surface area contributed by atoms with Gasteiger partial charge in [0.15, 0.2) is 11.4 Å². The van der Waals surface area contributed by atoms with E-state index in [4.69, 9.17) is 29.5 Å². The van der Waals surface area contributed by atoms with Crippen molar-refractivity contribution in [3.05, 3.63) is 59.3 Å². The minimum absolute atomic E-state index is 0.131. The summed E-state index contributed by atoms with van der Waals surface area (Å²) >= 11 is 0. The third kappa shape index (κ3) is 11.1. The van der Waals surface area contributed by atoms with Crippen molar-refractivity contribution in [1.82, 2.24) is 14.6 Å². The highest BCUT2D eigenvalue weighted by Crippen LogP contribution is 2.63. The fraction of sp³-hybridized carbons (Fsp3) is 0.683. The topological polar surface area (TPSA) is 195 Å². The number of ether oxygens (including phenoxy) is 2. The predicted molar refractivity (Wildman–Crippen MR) is 210 cm³/mol. The van der Waals surface area contributed by atoms with Crippen molar-refractivity contribution >= 4 is 19.2 Å². The molecule has 0 spiro atoms. The van der Waals surface area contributed by atoms with Gasteiger partial charge in [-0.2, -0.15) is 10.4 Å². The quantitative estimate of drug-likeness (QED) is 0.0427. The molecule has 0 bridgehead atoms. The number of rotatable bonds is 27. The largest absolute Gasteiger partial charge is 0.473 e. The number of hydrogen-bond donors (Lipinski definition) is 4. The average molecular weight is 802 g/mol. The number of aromatic nitrogens is 3. The van der Waals surface area contributed by atoms with Crippen molar-refractivity contribution in [2.24, 2.45) is 0 Å². The highest BCUT2D eigenvalue weighted by atomic mass is 31.2. The van der Waals surface area contributed by atoms with Gasteiger partial charge in [0.05, 0.1) is 36.6 Å². The van der Waals surface area contributed by atoms with Crippen molar-refractivity contribution in [1.29, 1.82) is 5.26 Å². The van der Waals surface area contributed by atoms with E-state index in [0.717, 1.165) is 25.3 Å². The van der Waals surface area contributed by atoms with E-state index in [1.807, 2.05) is 6.07 Å². The molecule has 56 heavy (non-hydrogen) atoms. The first-order chi connectivity index (χ1) is 26.9. The summed E-state index contributed by atoms with van der Waals surface area (Å²) in [6.45, 7) is 3.56. The van der Waals surface area contributed by atoms with Crippen LogP contribution in [-0.2, 0) is 35.3 Å². The second-order valence-electron chi connectivity index (χ2n) is 15.7. The normalized spacial score (nSPS) is 24.6. The molecule has 1 saturated heterocycles. The number of anilines is 1. The summed E-state index contributed by atoms with van der Waals surface area (Å²) in [6.07, 6.45) is 17.6. The molecule has 1 aliphatic heterocycles. The van der Waals surface area contributed by atoms with E-state index < -0.39 is 49.3 Å². The maximum absolute atomic E-state index is 14.5. The van der Waals surface area contributed by atoms with Crippen LogP contribution in [0.4, 0.5) is 10.2 Å². The number of nitrogens with two attached hydrogens (primary N) is 1. The van der Waals surface area contributed by atoms with Crippen LogP contribution < -0.4 is 5.73 Å². The van der Waals surface area contributed by atoms with Gasteiger partial charge >= 0.3 is 7.82 Å². The third-order valence-electron chi connectivity index (χ3n) is 11.3. The van der Waals surface area contributed by atoms with Crippen molar-refractivity contribution in [3.8, 4) is 6.07 Å². The lowest BCUT2D eigenvalue weighted by Gasteiger charge is -2.32. The van der Waals surface area contributed by atoms with E-state index >= 15 is 0 Å². The zero-order chi connectivity index (χ0) is 40.2. The van der Waals surface area contributed by atoms with Crippen LogP contribution in [0.15, 0.2) is 36.7 Å². The Bertz CT molecular complexity index is 1790. The summed E-state index contributed by atoms with van der Waals surface area (Å²) in [4.78, 5) is 14.9. The maximum Gasteiger partial charge on any atom is 0.473 e. The summed E-state index contributed by atoms with van der Waals surface area (Å²) in [5, 5.41) is 36.0. The molecule has 2 fully saturated rings. The van der Waals surface area contributed by atoms with Gasteiger partial charge in [-0.05, 0) is 37.6 Å². The smallest absolute Gasteiger partial charge is 0.386 e. The maximum atomic E-state index is 14.5. The molecule has 3 aromatic rings. The number of halogens is 1. The Morgan fingerprint density at radius 2 is 1.61 bits per heavy atom. The minimum atomic E-state index is -4.82. The van der Waals surface area contributed by atoms with Gasteiger partial charge in [0, 0.05) is 5.56 Å². The van der Waals surface area contributed by atoms with E-state index in [9.17, 15) is 24.1 Å². The van der Waals surface area contributed by atoms with E-state index in [0.29, 0.717) is 24.1 Å². The first-order valence-corrected chi connectivity index (χ1v) is 22.1. The molecule has 5 N–H and O–H groups in total. The Hall–Kier alpha value is -2.99. The molecule has 1 aliphatic carbocycles. The van der Waals surface area contributed by atoms with Crippen molar-refractivity contribution in [2.75, 3.05) is 12.3 Å². The molecule has 2 unspecified atom stereocenters. The van der Waals surface area contributed by atoms with Gasteiger partial charge < -0.3 is 30.3 Å². The van der Waals surface area contributed by atoms with Gasteiger partial charge in [0.1, 0.15) is 41.6 Å². The highest BCUT2D eigenvalue weighted by molar-refractivity contribution is 7.47. The number of benzene rings is 1. The second kappa shape index (κ2) is 20.6. The van der Waals surface area contributed by atoms with E-state index in [2.05, 4.69) is 17.0 Å². The summed E-state index contributed by atoms with van der Waals surface area (Å²) in [5.41, 5.74) is 3.83. The molecule has 310 valence electrons. The predicted octanol–water partition coefficient (Wildman–Crippen LogP) is 8.17. The third-order valence-corrected chi connectivity index (χ3v) is 12.4. The minimum Gasteiger partial charge on any atom is -0.386 e. The number of hydrogen-bond acceptors (Lipinski definition) is 11. The molecule has 2 aliphatic rings. The molecule has 15 heteroatoms. The number of aliphatic hydroxyl groups excluding tert-OH is 1. The molecule has 1 saturated carbocycles. The van der Waals surface area contributed by atoms with Gasteiger partial charge in [0.2, 0.25) is 0 Å². The lowest BCUT2D eigenvalue weighted by atomic mass is 9.91. The molecule has 1 aromatic carbocycles. The van der Waals surface area contributed by atoms with Crippen molar-refractivity contribution < 1.29 is 42.6 Å². The Morgan fingerprint density at radius 1 is 1.00 bits per heavy atom. The number of aliphatic hydroxyl groups is 2. The zero-order valence-electron chi connectivity index (χ0n) is 33.0. The first kappa shape index (κ1) is 44.1. The molecule has 3 heterocycles. The summed E-state index contributed by atoms with van der Waals surface area (Å²) in [5.74, 6) is -0.366. The Labute approximate surface area is 330 Å². The number of phosphoric acid groups is 1. The van der Waals surface area contributed by atoms with Crippen molar-refractivity contribution in [3.63, 3.8) is 0 Å². The first-order valence-electron chi connectivity index (χ1n) is 20.6. The van der Waals surface area contributed by atoms with E-state index in [1.54, 1.807) is 19.1 Å². The molecule has 0 radical (unpaired) electrons. The van der Waals surface area contributed by atoms with Crippen LogP contribution in [0.1, 0.15) is 146 Å². The highest BCUT2D eigenvalue weighted by Gasteiger charge is 2.82. The van der Waals surface area contributed by atoms with Gasteiger partial charge in [-0.3, -0.25) is 9.05 Å². The summed E-state index contributed by atoms with van der Waals surface area (Å²) < 4.78 is 52.2. The van der Waals surface area contributed by atoms with Gasteiger partial charge in [0.25, 0.3) is 0 Å². The fourth-order valence-electron chi connectivity index (χ4n) is 7.89. The van der Waals surface area contributed by atoms with Crippen LogP contribution in [0.5, 0.6) is 0 Å². The molecule has 0 amide bonds. The summed E-state index contributed by atoms with van der Waals surface area (Å²) in [6, 6.07) is 9.29. The van der Waals surface area contributed by atoms with Gasteiger partial charge in [-0.15, -0.1) is 0 Å². The average Bonchev–Trinajstić information content (AvgIpc) is 3.42. The lowest BCUT2D eigenvalue weighted by molar-refractivity contribution is -0.127. The fourth-order valence-corrected chi connectivity index (χ4v) is 9.05. The molecular weight excluding hydrogens is 740 g/mol. The van der Waals surface area contributed by atoms with Crippen LogP contribution in [-0.4, -0.2) is 66.3 Å². The standard InChI is InChI=1S/C41H61FN5O8P/c1-3-4-5-6-7-8-9-10-11-12-13-14-15-16-17-18-19-20-32(28-52-27-31-22-21-30(26-43)25-33(31)42)54-56(50,51)55-37-36-41(37,49)39(48)40(2,53-36)35-24-23-34-38(44)45-29-46-47(34)35/h21-25,29,32,36-37,39,48-49H,3-20,27-28H2,1-2H3,(H,50,51)(H2,44,45,46)/t32-,36-,37?,39+,40+,41+/m1/s1. The second-order valence-corrected chi connectivity index (χ2v) is 17.1. The van der Waals surface area contributed by atoms with E-state index in [1.165, 1.54) is 106 Å². The number of phosphoric ester groups is 1. The van der Waals surface area contributed by atoms with Crippen LogP contribution >= 0.6 is 7.82 Å². The lowest BCUT2D eigenvalue weighted by Crippen LogP contribution is -2.46. The molecule has 2 aromatic heterocycles. The molecule has 7 atom stereocenters.